The van der Waals surface area contributed by atoms with Gasteiger partial charge in [-0.2, -0.15) is 0 Å². The van der Waals surface area contributed by atoms with E-state index in [0.717, 1.165) is 10.8 Å². The van der Waals surface area contributed by atoms with Crippen LogP contribution in [0.4, 0.5) is 5.13 Å². The fraction of sp³-hybridized carbons (Fsp3) is 0.733. The Labute approximate surface area is 143 Å². The highest BCUT2D eigenvalue weighted by Gasteiger charge is 2.54. The molecular formula is C15H20N4O2S2. The molecule has 3 fully saturated rings. The molecule has 1 atom stereocenters. The monoisotopic (exact) mass is 352 g/mol. The number of hydrogen-bond donors (Lipinski definition) is 1. The van der Waals surface area contributed by atoms with Crippen LogP contribution in [0.3, 0.4) is 0 Å². The van der Waals surface area contributed by atoms with E-state index in [9.17, 15) is 9.59 Å². The van der Waals surface area contributed by atoms with Gasteiger partial charge in [-0.3, -0.25) is 14.9 Å². The van der Waals surface area contributed by atoms with Gasteiger partial charge in [0.2, 0.25) is 11.0 Å². The first-order chi connectivity index (χ1) is 11.2. The third-order valence-corrected chi connectivity index (χ3v) is 7.52. The summed E-state index contributed by atoms with van der Waals surface area (Å²) in [6, 6.07) is 0. The van der Waals surface area contributed by atoms with Crippen molar-refractivity contribution in [3.8, 4) is 0 Å². The summed E-state index contributed by atoms with van der Waals surface area (Å²) in [5, 5.41) is 13.0. The van der Waals surface area contributed by atoms with Crippen LogP contribution in [0.1, 0.15) is 55.9 Å². The average Bonchev–Trinajstić information content (AvgIpc) is 3.26. The molecule has 1 saturated carbocycles. The Kier molecular flexibility index (Phi) is 4.05. The second-order valence-electron chi connectivity index (χ2n) is 6.41. The molecule has 8 heteroatoms. The lowest BCUT2D eigenvalue weighted by Gasteiger charge is -2.28. The Balaban J connectivity index is 1.47. The molecule has 2 aliphatic heterocycles. The highest BCUT2D eigenvalue weighted by Crippen LogP contribution is 2.45. The summed E-state index contributed by atoms with van der Waals surface area (Å²) in [7, 11) is 0. The van der Waals surface area contributed by atoms with Crippen molar-refractivity contribution in [2.24, 2.45) is 0 Å². The zero-order valence-corrected chi connectivity index (χ0v) is 14.5. The van der Waals surface area contributed by atoms with E-state index in [4.69, 9.17) is 0 Å². The summed E-state index contributed by atoms with van der Waals surface area (Å²) < 4.78 is 0. The average molecular weight is 352 g/mol. The molecule has 23 heavy (non-hydrogen) atoms. The number of thioether (sulfide) groups is 1. The first-order valence-corrected chi connectivity index (χ1v) is 10.1. The van der Waals surface area contributed by atoms with Gasteiger partial charge in [0.05, 0.1) is 0 Å². The Morgan fingerprint density at radius 2 is 2.09 bits per heavy atom. The number of rotatable bonds is 3. The maximum Gasteiger partial charge on any atom is 0.262 e. The second kappa shape index (κ2) is 6.05. The maximum atomic E-state index is 12.8. The SMILES string of the molecule is O=C1CCC2(C(=O)Nc3nnc(C4CCCCC4)s3)SCCN12. The highest BCUT2D eigenvalue weighted by molar-refractivity contribution is 8.01. The largest absolute Gasteiger partial charge is 0.319 e. The van der Waals surface area contributed by atoms with E-state index < -0.39 is 4.87 Å². The van der Waals surface area contributed by atoms with Crippen molar-refractivity contribution in [2.45, 2.75) is 55.7 Å². The molecule has 0 radical (unpaired) electrons. The summed E-state index contributed by atoms with van der Waals surface area (Å²) in [6.07, 6.45) is 7.21. The number of carbonyl (C=O) groups excluding carboxylic acids is 2. The van der Waals surface area contributed by atoms with Gasteiger partial charge in [0.15, 0.2) is 4.87 Å². The lowest BCUT2D eigenvalue weighted by atomic mass is 9.90. The molecule has 1 N–H and O–H groups in total. The summed E-state index contributed by atoms with van der Waals surface area (Å²) >= 11 is 3.07. The first-order valence-electron chi connectivity index (χ1n) is 8.28. The minimum Gasteiger partial charge on any atom is -0.319 e. The third kappa shape index (κ3) is 2.65. The smallest absolute Gasteiger partial charge is 0.262 e. The first kappa shape index (κ1) is 15.4. The van der Waals surface area contributed by atoms with Gasteiger partial charge in [0, 0.05) is 24.6 Å². The van der Waals surface area contributed by atoms with Crippen LogP contribution < -0.4 is 5.32 Å². The van der Waals surface area contributed by atoms with Crippen LogP contribution >= 0.6 is 23.1 Å². The van der Waals surface area contributed by atoms with Gasteiger partial charge in [0.25, 0.3) is 5.91 Å². The lowest BCUT2D eigenvalue weighted by molar-refractivity contribution is -0.133. The quantitative estimate of drug-likeness (QED) is 0.905. The van der Waals surface area contributed by atoms with Gasteiger partial charge in [-0.25, -0.2) is 0 Å². The predicted octanol–water partition coefficient (Wildman–Crippen LogP) is 2.59. The van der Waals surface area contributed by atoms with Crippen LogP contribution in [0.2, 0.25) is 0 Å². The van der Waals surface area contributed by atoms with Gasteiger partial charge in [0.1, 0.15) is 5.01 Å². The minimum absolute atomic E-state index is 0.0882. The second-order valence-corrected chi connectivity index (χ2v) is 8.79. The van der Waals surface area contributed by atoms with Crippen molar-refractivity contribution < 1.29 is 9.59 Å². The van der Waals surface area contributed by atoms with Crippen molar-refractivity contribution in [1.82, 2.24) is 15.1 Å². The number of fused-ring (bicyclic) bond motifs is 1. The fourth-order valence-corrected chi connectivity index (χ4v) is 6.10. The van der Waals surface area contributed by atoms with Crippen molar-refractivity contribution in [2.75, 3.05) is 17.6 Å². The molecule has 1 unspecified atom stereocenters. The van der Waals surface area contributed by atoms with Crippen LogP contribution in [0, 0.1) is 0 Å². The van der Waals surface area contributed by atoms with Crippen molar-refractivity contribution in [1.29, 1.82) is 0 Å². The Hall–Kier alpha value is -1.15. The van der Waals surface area contributed by atoms with E-state index in [1.165, 1.54) is 43.4 Å². The van der Waals surface area contributed by atoms with Crippen molar-refractivity contribution in [3.05, 3.63) is 5.01 Å². The molecule has 3 aliphatic rings. The number of hydrogen-bond acceptors (Lipinski definition) is 6. The van der Waals surface area contributed by atoms with Crippen LogP contribution in [-0.4, -0.2) is 44.1 Å². The normalized spacial score (nSPS) is 28.2. The molecule has 1 aromatic rings. The van der Waals surface area contributed by atoms with Gasteiger partial charge in [-0.15, -0.1) is 22.0 Å². The molecule has 2 amide bonds. The van der Waals surface area contributed by atoms with E-state index in [2.05, 4.69) is 15.5 Å². The molecule has 4 rings (SSSR count). The number of nitrogens with one attached hydrogen (secondary N) is 1. The van der Waals surface area contributed by atoms with Crippen LogP contribution in [0.5, 0.6) is 0 Å². The number of aromatic nitrogens is 2. The molecule has 0 bridgehead atoms. The lowest BCUT2D eigenvalue weighted by Crippen LogP contribution is -2.48. The summed E-state index contributed by atoms with van der Waals surface area (Å²) in [4.78, 5) is 25.7. The zero-order chi connectivity index (χ0) is 15.9. The molecule has 3 heterocycles. The Bertz CT molecular complexity index is 629. The molecule has 124 valence electrons. The Morgan fingerprint density at radius 3 is 2.91 bits per heavy atom. The maximum absolute atomic E-state index is 12.8. The van der Waals surface area contributed by atoms with Gasteiger partial charge >= 0.3 is 0 Å². The van der Waals surface area contributed by atoms with E-state index in [1.807, 2.05) is 0 Å². The summed E-state index contributed by atoms with van der Waals surface area (Å²) in [5.74, 6) is 1.29. The molecule has 2 saturated heterocycles. The zero-order valence-electron chi connectivity index (χ0n) is 12.9. The van der Waals surface area contributed by atoms with Gasteiger partial charge in [-0.05, 0) is 19.3 Å². The highest BCUT2D eigenvalue weighted by atomic mass is 32.2. The molecule has 0 spiro atoms. The molecule has 0 aromatic carbocycles. The van der Waals surface area contributed by atoms with E-state index >= 15 is 0 Å². The third-order valence-electron chi connectivity index (χ3n) is 5.04. The number of amides is 2. The topological polar surface area (TPSA) is 75.2 Å². The predicted molar refractivity (Wildman–Crippen MR) is 90.5 cm³/mol. The van der Waals surface area contributed by atoms with Gasteiger partial charge < -0.3 is 4.90 Å². The summed E-state index contributed by atoms with van der Waals surface area (Å²) in [5.41, 5.74) is 0. The van der Waals surface area contributed by atoms with Crippen LogP contribution in [0.15, 0.2) is 0 Å². The van der Waals surface area contributed by atoms with Crippen LogP contribution in [-0.2, 0) is 9.59 Å². The standard InChI is InChI=1S/C15H20N4O2S2/c20-11-6-7-15(19(11)8-9-22-15)13(21)16-14-18-17-12(23-14)10-4-2-1-3-5-10/h10H,1-9H2,(H,16,18,21). The molecule has 6 nitrogen and oxygen atoms in total. The fourth-order valence-electron chi connectivity index (χ4n) is 3.80. The van der Waals surface area contributed by atoms with Crippen molar-refractivity contribution in [3.63, 3.8) is 0 Å². The number of anilines is 1. The van der Waals surface area contributed by atoms with Gasteiger partial charge in [-0.1, -0.05) is 30.6 Å². The van der Waals surface area contributed by atoms with E-state index in [0.29, 0.717) is 30.4 Å². The van der Waals surface area contributed by atoms with Crippen molar-refractivity contribution >= 4 is 40.0 Å². The molecule has 1 aliphatic carbocycles. The van der Waals surface area contributed by atoms with E-state index in [1.54, 1.807) is 16.7 Å². The van der Waals surface area contributed by atoms with E-state index in [-0.39, 0.29) is 11.8 Å². The number of nitrogens with zero attached hydrogens (tertiary/aromatic N) is 3. The summed E-state index contributed by atoms with van der Waals surface area (Å²) in [6.45, 7) is 0.667. The molecule has 1 aromatic heterocycles. The number of carbonyl (C=O) groups is 2. The minimum atomic E-state index is -0.715. The molecular weight excluding hydrogens is 332 g/mol. The Morgan fingerprint density at radius 1 is 1.26 bits per heavy atom. The van der Waals surface area contributed by atoms with Crippen LogP contribution in [0.25, 0.3) is 0 Å².